The number of amidine groups is 1. The van der Waals surface area contributed by atoms with Crippen LogP contribution in [0.3, 0.4) is 0 Å². The van der Waals surface area contributed by atoms with Crippen molar-refractivity contribution >= 4 is 5.84 Å². The minimum Gasteiger partial charge on any atom is -0.494 e. The fraction of sp³-hybridized carbons (Fsp3) is 0.364. The van der Waals surface area contributed by atoms with E-state index in [1.165, 1.54) is 7.11 Å². The molecule has 1 aromatic carbocycles. The number of hydrogen-bond donors (Lipinski definition) is 1. The van der Waals surface area contributed by atoms with E-state index in [2.05, 4.69) is 15.0 Å². The van der Waals surface area contributed by atoms with Crippen LogP contribution < -0.4 is 10.1 Å². The third-order valence-electron chi connectivity index (χ3n) is 2.40. The first-order valence-corrected chi connectivity index (χ1v) is 4.96. The zero-order valence-electron chi connectivity index (χ0n) is 9.05. The number of methoxy groups -OCH3 is 1. The van der Waals surface area contributed by atoms with Crippen LogP contribution in [0.2, 0.25) is 0 Å². The number of benzene rings is 1. The molecule has 3 nitrogen and oxygen atoms in total. The summed E-state index contributed by atoms with van der Waals surface area (Å²) in [5.74, 6) is -0.846. The van der Waals surface area contributed by atoms with E-state index in [4.69, 9.17) is 0 Å². The summed E-state index contributed by atoms with van der Waals surface area (Å²) in [5, 5.41) is 2.98. The summed E-state index contributed by atoms with van der Waals surface area (Å²) in [7, 11) is 1.30. The molecule has 86 valence electrons. The van der Waals surface area contributed by atoms with Gasteiger partial charge in [-0.1, -0.05) is 0 Å². The van der Waals surface area contributed by atoms with Gasteiger partial charge in [0.15, 0.2) is 11.6 Å². The van der Waals surface area contributed by atoms with Crippen LogP contribution in [-0.4, -0.2) is 25.5 Å². The number of halogens is 2. The molecule has 1 atom stereocenters. The number of nitrogens with zero attached hydrogens (tertiary/aromatic N) is 1. The van der Waals surface area contributed by atoms with Crippen molar-refractivity contribution in [1.29, 1.82) is 0 Å². The van der Waals surface area contributed by atoms with Gasteiger partial charge in [-0.25, -0.2) is 8.78 Å². The number of aliphatic imine (C=N–C) groups is 1. The Hall–Kier alpha value is -1.65. The smallest absolute Gasteiger partial charge is 0.165 e. The summed E-state index contributed by atoms with van der Waals surface area (Å²) in [6.07, 6.45) is 0. The van der Waals surface area contributed by atoms with Crippen LogP contribution in [-0.2, 0) is 0 Å². The monoisotopic (exact) mass is 226 g/mol. The highest BCUT2D eigenvalue weighted by atomic mass is 19.1. The van der Waals surface area contributed by atoms with Gasteiger partial charge < -0.3 is 10.1 Å². The van der Waals surface area contributed by atoms with Crippen LogP contribution in [0, 0.1) is 11.6 Å². The van der Waals surface area contributed by atoms with Gasteiger partial charge in [0.1, 0.15) is 11.7 Å². The lowest BCUT2D eigenvalue weighted by Gasteiger charge is -2.09. The molecule has 1 aromatic rings. The van der Waals surface area contributed by atoms with Crippen molar-refractivity contribution in [2.75, 3.05) is 13.7 Å². The Balaban J connectivity index is 2.39. The van der Waals surface area contributed by atoms with Gasteiger partial charge >= 0.3 is 0 Å². The van der Waals surface area contributed by atoms with E-state index < -0.39 is 11.6 Å². The summed E-state index contributed by atoms with van der Waals surface area (Å²) >= 11 is 0. The van der Waals surface area contributed by atoms with Gasteiger partial charge in [0.05, 0.1) is 19.2 Å². The van der Waals surface area contributed by atoms with Crippen molar-refractivity contribution in [2.45, 2.75) is 13.0 Å². The Morgan fingerprint density at radius 3 is 2.69 bits per heavy atom. The number of ether oxygens (including phenoxy) is 1. The Bertz CT molecular complexity index is 446. The first kappa shape index (κ1) is 10.9. The van der Waals surface area contributed by atoms with E-state index in [0.717, 1.165) is 12.1 Å². The maximum Gasteiger partial charge on any atom is 0.165 e. The predicted octanol–water partition coefficient (Wildman–Crippen LogP) is 1.71. The first-order valence-electron chi connectivity index (χ1n) is 4.96. The summed E-state index contributed by atoms with van der Waals surface area (Å²) in [5.41, 5.74) is 0.141. The van der Waals surface area contributed by atoms with Crippen LogP contribution in [0.1, 0.15) is 12.5 Å². The van der Waals surface area contributed by atoms with Crippen molar-refractivity contribution in [2.24, 2.45) is 4.99 Å². The van der Waals surface area contributed by atoms with Gasteiger partial charge in [0, 0.05) is 12.1 Å². The molecule has 1 aliphatic heterocycles. The zero-order valence-corrected chi connectivity index (χ0v) is 9.05. The zero-order chi connectivity index (χ0) is 11.7. The molecule has 1 unspecified atom stereocenters. The van der Waals surface area contributed by atoms with Crippen LogP contribution in [0.5, 0.6) is 5.75 Å². The van der Waals surface area contributed by atoms with E-state index in [-0.39, 0.29) is 17.4 Å². The molecule has 0 bridgehead atoms. The van der Waals surface area contributed by atoms with Gasteiger partial charge in [-0.2, -0.15) is 0 Å². The molecule has 0 amide bonds. The normalized spacial score (nSPS) is 19.2. The SMILES string of the molecule is COc1cc(F)c(C2=NCC(C)N2)cc1F. The fourth-order valence-corrected chi connectivity index (χ4v) is 1.58. The third-order valence-corrected chi connectivity index (χ3v) is 2.40. The molecular formula is C11H12F2N2O. The molecule has 1 aliphatic rings. The van der Waals surface area contributed by atoms with Crippen LogP contribution in [0.15, 0.2) is 17.1 Å². The first-order chi connectivity index (χ1) is 7.61. The Kier molecular flexibility index (Phi) is 2.77. The maximum atomic E-state index is 13.6. The predicted molar refractivity (Wildman–Crippen MR) is 56.9 cm³/mol. The van der Waals surface area contributed by atoms with Crippen LogP contribution in [0.4, 0.5) is 8.78 Å². The molecule has 0 radical (unpaired) electrons. The van der Waals surface area contributed by atoms with Gasteiger partial charge in [0.2, 0.25) is 0 Å². The number of nitrogens with one attached hydrogen (secondary N) is 1. The molecule has 0 saturated heterocycles. The van der Waals surface area contributed by atoms with Crippen molar-refractivity contribution < 1.29 is 13.5 Å². The Labute approximate surface area is 92.1 Å². The summed E-state index contributed by atoms with van der Waals surface area (Å²) < 4.78 is 31.7. The molecular weight excluding hydrogens is 214 g/mol. The second kappa shape index (κ2) is 4.08. The molecule has 1 N–H and O–H groups in total. The van der Waals surface area contributed by atoms with E-state index >= 15 is 0 Å². The van der Waals surface area contributed by atoms with Crippen LogP contribution >= 0.6 is 0 Å². The second-order valence-electron chi connectivity index (χ2n) is 3.70. The molecule has 2 rings (SSSR count). The van der Waals surface area contributed by atoms with Crippen molar-refractivity contribution in [3.05, 3.63) is 29.3 Å². The van der Waals surface area contributed by atoms with Crippen molar-refractivity contribution in [3.63, 3.8) is 0 Å². The summed E-state index contributed by atoms with van der Waals surface area (Å²) in [6, 6.07) is 2.27. The summed E-state index contributed by atoms with van der Waals surface area (Å²) in [6.45, 7) is 2.50. The molecule has 0 aromatic heterocycles. The quantitative estimate of drug-likeness (QED) is 0.832. The van der Waals surface area contributed by atoms with Crippen molar-refractivity contribution in [3.8, 4) is 5.75 Å². The highest BCUT2D eigenvalue weighted by molar-refractivity contribution is 6.00. The van der Waals surface area contributed by atoms with E-state index in [0.29, 0.717) is 12.4 Å². The summed E-state index contributed by atoms with van der Waals surface area (Å²) in [4.78, 5) is 4.10. The average molecular weight is 226 g/mol. The van der Waals surface area contributed by atoms with Gasteiger partial charge in [-0.3, -0.25) is 4.99 Å². The molecule has 5 heteroatoms. The molecule has 16 heavy (non-hydrogen) atoms. The highest BCUT2D eigenvalue weighted by Gasteiger charge is 2.19. The lowest BCUT2D eigenvalue weighted by atomic mass is 10.1. The second-order valence-corrected chi connectivity index (χ2v) is 3.70. The topological polar surface area (TPSA) is 33.6 Å². The fourth-order valence-electron chi connectivity index (χ4n) is 1.58. The maximum absolute atomic E-state index is 13.6. The van der Waals surface area contributed by atoms with E-state index in [9.17, 15) is 8.78 Å². The minimum atomic E-state index is -0.594. The molecule has 0 aliphatic carbocycles. The van der Waals surface area contributed by atoms with Crippen LogP contribution in [0.25, 0.3) is 0 Å². The largest absolute Gasteiger partial charge is 0.494 e. The Morgan fingerprint density at radius 1 is 1.38 bits per heavy atom. The highest BCUT2D eigenvalue weighted by Crippen LogP contribution is 2.22. The lowest BCUT2D eigenvalue weighted by Crippen LogP contribution is -2.28. The molecule has 0 saturated carbocycles. The van der Waals surface area contributed by atoms with E-state index in [1.54, 1.807) is 0 Å². The number of rotatable bonds is 2. The number of hydrogen-bond acceptors (Lipinski definition) is 3. The Morgan fingerprint density at radius 2 is 2.12 bits per heavy atom. The average Bonchev–Trinajstić information content (AvgIpc) is 2.67. The van der Waals surface area contributed by atoms with Gasteiger partial charge in [-0.15, -0.1) is 0 Å². The molecule has 0 fully saturated rings. The van der Waals surface area contributed by atoms with Gasteiger partial charge in [0.25, 0.3) is 0 Å². The van der Waals surface area contributed by atoms with E-state index in [1.807, 2.05) is 6.92 Å². The molecule has 1 heterocycles. The third kappa shape index (κ3) is 1.85. The van der Waals surface area contributed by atoms with Crippen molar-refractivity contribution in [1.82, 2.24) is 5.32 Å². The molecule has 0 spiro atoms. The minimum absolute atomic E-state index is 0.104. The lowest BCUT2D eigenvalue weighted by molar-refractivity contribution is 0.382. The van der Waals surface area contributed by atoms with Gasteiger partial charge in [-0.05, 0) is 13.0 Å². The standard InChI is InChI=1S/C11H12F2N2O/c1-6-5-14-11(15-6)7-3-9(13)10(16-2)4-8(7)12/h3-4,6H,5H2,1-2H3,(H,14,15).